The van der Waals surface area contributed by atoms with Gasteiger partial charge in [-0.1, -0.05) is 24.3 Å². The molecule has 1 aliphatic rings. The Hall–Kier alpha value is -2.14. The first kappa shape index (κ1) is 17.7. The van der Waals surface area contributed by atoms with Crippen molar-refractivity contribution in [1.29, 1.82) is 0 Å². The quantitative estimate of drug-likeness (QED) is 0.814. The molecule has 25 heavy (non-hydrogen) atoms. The highest BCUT2D eigenvalue weighted by Crippen LogP contribution is 2.28. The van der Waals surface area contributed by atoms with Gasteiger partial charge in [-0.2, -0.15) is 0 Å². The zero-order valence-electron chi connectivity index (χ0n) is 15.3. The predicted molar refractivity (Wildman–Crippen MR) is 99.4 cm³/mol. The van der Waals surface area contributed by atoms with Gasteiger partial charge in [0.1, 0.15) is 5.60 Å². The minimum atomic E-state index is -0.452. The van der Waals surface area contributed by atoms with E-state index in [1.165, 1.54) is 0 Å². The van der Waals surface area contributed by atoms with Crippen LogP contribution in [0.25, 0.3) is 10.9 Å². The topological polar surface area (TPSA) is 54.5 Å². The van der Waals surface area contributed by atoms with Gasteiger partial charge in [0, 0.05) is 31.1 Å². The van der Waals surface area contributed by atoms with Crippen LogP contribution in [0.1, 0.15) is 39.3 Å². The number of carbonyl (C=O) groups excluding carboxylic acids is 1. The van der Waals surface area contributed by atoms with Crippen molar-refractivity contribution < 1.29 is 9.53 Å². The fourth-order valence-corrected chi connectivity index (χ4v) is 2.75. The Morgan fingerprint density at radius 1 is 1.24 bits per heavy atom. The molecule has 0 aliphatic heterocycles. The van der Waals surface area contributed by atoms with E-state index in [0.29, 0.717) is 19.1 Å². The van der Waals surface area contributed by atoms with Crippen molar-refractivity contribution in [3.63, 3.8) is 0 Å². The molecule has 0 unspecified atom stereocenters. The van der Waals surface area contributed by atoms with E-state index in [0.717, 1.165) is 36.0 Å². The molecule has 1 amide bonds. The van der Waals surface area contributed by atoms with Gasteiger partial charge in [-0.05, 0) is 45.7 Å². The Morgan fingerprint density at radius 3 is 2.72 bits per heavy atom. The summed E-state index contributed by atoms with van der Waals surface area (Å²) < 4.78 is 5.51. The molecule has 1 heterocycles. The lowest BCUT2D eigenvalue weighted by Crippen LogP contribution is -2.41. The van der Waals surface area contributed by atoms with Gasteiger partial charge in [-0.15, -0.1) is 0 Å². The summed E-state index contributed by atoms with van der Waals surface area (Å²) in [6.07, 6.45) is 1.94. The van der Waals surface area contributed by atoms with Crippen LogP contribution in [0, 0.1) is 0 Å². The summed E-state index contributed by atoms with van der Waals surface area (Å²) in [5.74, 6) is 0. The monoisotopic (exact) mass is 341 g/mol. The van der Waals surface area contributed by atoms with Crippen molar-refractivity contribution in [3.8, 4) is 0 Å². The number of pyridine rings is 1. The van der Waals surface area contributed by atoms with Crippen LogP contribution in [0.2, 0.25) is 0 Å². The number of nitrogens with zero attached hydrogens (tertiary/aromatic N) is 2. The third kappa shape index (κ3) is 5.16. The molecule has 1 aromatic heterocycles. The molecule has 0 bridgehead atoms. The number of benzene rings is 1. The van der Waals surface area contributed by atoms with Crippen LogP contribution in [0.3, 0.4) is 0 Å². The van der Waals surface area contributed by atoms with E-state index in [4.69, 9.17) is 4.74 Å². The number of rotatable bonds is 6. The average Bonchev–Trinajstić information content (AvgIpc) is 3.37. The van der Waals surface area contributed by atoms with Crippen molar-refractivity contribution in [3.05, 3.63) is 42.1 Å². The summed E-state index contributed by atoms with van der Waals surface area (Å²) in [7, 11) is 0. The maximum Gasteiger partial charge on any atom is 0.410 e. The number of ether oxygens (including phenoxy) is 1. The predicted octanol–water partition coefficient (Wildman–Crippen LogP) is 3.72. The molecule has 1 N–H and O–H groups in total. The fourth-order valence-electron chi connectivity index (χ4n) is 2.75. The average molecular weight is 341 g/mol. The van der Waals surface area contributed by atoms with E-state index in [1.54, 1.807) is 0 Å². The largest absolute Gasteiger partial charge is 0.444 e. The molecule has 3 rings (SSSR count). The molecular weight excluding hydrogens is 314 g/mol. The first-order valence-corrected chi connectivity index (χ1v) is 8.97. The normalized spacial score (nSPS) is 14.5. The smallest absolute Gasteiger partial charge is 0.410 e. The van der Waals surface area contributed by atoms with Crippen LogP contribution in [0.4, 0.5) is 4.79 Å². The number of nitrogens with one attached hydrogen (secondary N) is 1. The minimum absolute atomic E-state index is 0.208. The Bertz CT molecular complexity index is 735. The first-order valence-electron chi connectivity index (χ1n) is 8.97. The number of hydrogen-bond donors (Lipinski definition) is 1. The first-order chi connectivity index (χ1) is 11.9. The van der Waals surface area contributed by atoms with Gasteiger partial charge < -0.3 is 15.0 Å². The fraction of sp³-hybridized carbons (Fsp3) is 0.500. The van der Waals surface area contributed by atoms with Crippen molar-refractivity contribution in [2.24, 2.45) is 0 Å². The molecular formula is C20H27N3O2. The number of para-hydroxylation sites is 1. The molecule has 1 aliphatic carbocycles. The molecule has 0 radical (unpaired) electrons. The van der Waals surface area contributed by atoms with Crippen molar-refractivity contribution in [2.45, 2.75) is 51.8 Å². The summed E-state index contributed by atoms with van der Waals surface area (Å²) in [5.41, 5.74) is 1.57. The van der Waals surface area contributed by atoms with Crippen molar-refractivity contribution in [1.82, 2.24) is 15.2 Å². The van der Waals surface area contributed by atoms with Crippen LogP contribution < -0.4 is 5.32 Å². The molecule has 1 fully saturated rings. The van der Waals surface area contributed by atoms with Gasteiger partial charge in [0.25, 0.3) is 0 Å². The molecule has 5 heteroatoms. The Kier molecular flexibility index (Phi) is 5.23. The van der Waals surface area contributed by atoms with Crippen molar-refractivity contribution in [2.75, 3.05) is 13.1 Å². The van der Waals surface area contributed by atoms with E-state index >= 15 is 0 Å². The van der Waals surface area contributed by atoms with Crippen molar-refractivity contribution >= 4 is 17.0 Å². The van der Waals surface area contributed by atoms with Crippen LogP contribution >= 0.6 is 0 Å². The summed E-state index contributed by atoms with van der Waals surface area (Å²) in [4.78, 5) is 18.8. The maximum absolute atomic E-state index is 12.3. The lowest BCUT2D eigenvalue weighted by Gasteiger charge is -2.27. The Labute approximate surface area is 149 Å². The molecule has 2 aromatic rings. The van der Waals surface area contributed by atoms with E-state index in [2.05, 4.69) is 22.4 Å². The lowest BCUT2D eigenvalue weighted by molar-refractivity contribution is 0.0236. The zero-order valence-corrected chi connectivity index (χ0v) is 15.3. The van der Waals surface area contributed by atoms with E-state index in [9.17, 15) is 4.79 Å². The van der Waals surface area contributed by atoms with Gasteiger partial charge in [0.2, 0.25) is 0 Å². The van der Waals surface area contributed by atoms with Gasteiger partial charge in [-0.3, -0.25) is 4.98 Å². The number of amides is 1. The highest BCUT2D eigenvalue weighted by Gasteiger charge is 2.34. The number of carbonyl (C=O) groups is 1. The molecule has 1 aromatic carbocycles. The summed E-state index contributed by atoms with van der Waals surface area (Å²) in [6.45, 7) is 7.79. The zero-order chi connectivity index (χ0) is 17.9. The van der Waals surface area contributed by atoms with Crippen LogP contribution in [-0.2, 0) is 11.3 Å². The highest BCUT2D eigenvalue weighted by atomic mass is 16.6. The molecule has 1 saturated carbocycles. The molecule has 0 atom stereocenters. The molecule has 0 saturated heterocycles. The second-order valence-corrected chi connectivity index (χ2v) is 7.58. The van der Waals surface area contributed by atoms with E-state index in [-0.39, 0.29) is 6.09 Å². The van der Waals surface area contributed by atoms with Crippen LogP contribution in [0.5, 0.6) is 0 Å². The second kappa shape index (κ2) is 7.40. The summed E-state index contributed by atoms with van der Waals surface area (Å²) in [6, 6.07) is 12.6. The van der Waals surface area contributed by atoms with Gasteiger partial charge in [-0.25, -0.2) is 4.79 Å². The number of aromatic nitrogens is 1. The highest BCUT2D eigenvalue weighted by molar-refractivity contribution is 5.78. The summed E-state index contributed by atoms with van der Waals surface area (Å²) in [5, 5.41) is 4.53. The molecule has 5 nitrogen and oxygen atoms in total. The van der Waals surface area contributed by atoms with Crippen LogP contribution in [0.15, 0.2) is 36.4 Å². The minimum Gasteiger partial charge on any atom is -0.444 e. The number of fused-ring (bicyclic) bond motifs is 1. The molecule has 134 valence electrons. The second-order valence-electron chi connectivity index (χ2n) is 7.58. The summed E-state index contributed by atoms with van der Waals surface area (Å²) >= 11 is 0. The lowest BCUT2D eigenvalue weighted by atomic mass is 10.2. The third-order valence-corrected chi connectivity index (χ3v) is 4.11. The van der Waals surface area contributed by atoms with Gasteiger partial charge in [0.15, 0.2) is 0 Å². The maximum atomic E-state index is 12.3. The Balaban J connectivity index is 1.49. The van der Waals surface area contributed by atoms with E-state index in [1.807, 2.05) is 49.9 Å². The van der Waals surface area contributed by atoms with Crippen LogP contribution in [-0.4, -0.2) is 40.7 Å². The SMILES string of the molecule is CC(C)(C)OC(=O)N(CCNCc1ccc2ccccc2n1)C1CC1. The molecule has 0 spiro atoms. The Morgan fingerprint density at radius 2 is 2.00 bits per heavy atom. The van der Waals surface area contributed by atoms with Gasteiger partial charge in [0.05, 0.1) is 11.2 Å². The van der Waals surface area contributed by atoms with E-state index < -0.39 is 5.60 Å². The van der Waals surface area contributed by atoms with Gasteiger partial charge >= 0.3 is 6.09 Å². The number of hydrogen-bond acceptors (Lipinski definition) is 4. The third-order valence-electron chi connectivity index (χ3n) is 4.11. The standard InChI is InChI=1S/C20H27N3O2/c1-20(2,3)25-19(24)23(17-10-11-17)13-12-21-14-16-9-8-15-6-4-5-7-18(15)22-16/h4-9,17,21H,10-14H2,1-3H3.